The van der Waals surface area contributed by atoms with Crippen molar-refractivity contribution in [2.45, 2.75) is 41.5 Å². The Kier molecular flexibility index (Phi) is 8.09. The van der Waals surface area contributed by atoms with Crippen molar-refractivity contribution in [2.75, 3.05) is 10.6 Å². The Morgan fingerprint density at radius 1 is 0.667 bits per heavy atom. The molecule has 238 valence electrons. The topological polar surface area (TPSA) is 153 Å². The molecule has 0 aliphatic rings. The van der Waals surface area contributed by atoms with E-state index in [2.05, 4.69) is 32.7 Å². The second kappa shape index (κ2) is 12.3. The summed E-state index contributed by atoms with van der Waals surface area (Å²) in [6, 6.07) is 18.1. The summed E-state index contributed by atoms with van der Waals surface area (Å²) in [5, 5.41) is 37.2. The predicted molar refractivity (Wildman–Crippen MR) is 181 cm³/mol. The second-order valence-corrected chi connectivity index (χ2v) is 11.5. The molecule has 4 aromatic heterocycles. The third-order valence-corrected chi connectivity index (χ3v) is 8.36. The van der Waals surface area contributed by atoms with Crippen molar-refractivity contribution in [1.29, 1.82) is 10.5 Å². The number of hydrogen-bond acceptors (Lipinski definition) is 9. The first kappa shape index (κ1) is 31.5. The van der Waals surface area contributed by atoms with Gasteiger partial charge in [-0.05, 0) is 100 Å². The smallest absolute Gasteiger partial charge is 0.227 e. The van der Waals surface area contributed by atoms with Crippen molar-refractivity contribution in [2.24, 2.45) is 0 Å². The fraction of sp³-hybridized carbons (Fsp3) is 0.167. The van der Waals surface area contributed by atoms with Crippen LogP contribution in [0.2, 0.25) is 0 Å². The highest BCUT2D eigenvalue weighted by atomic mass is 19.1. The van der Waals surface area contributed by atoms with Gasteiger partial charge in [0.15, 0.2) is 0 Å². The number of phenols is 1. The lowest BCUT2D eigenvalue weighted by molar-refractivity contribution is 0.471. The van der Waals surface area contributed by atoms with Crippen molar-refractivity contribution < 1.29 is 9.50 Å². The number of nitrogens with one attached hydrogen (secondary N) is 2. The van der Waals surface area contributed by atoms with E-state index in [1.165, 1.54) is 6.07 Å². The Hall–Kier alpha value is -6.53. The van der Waals surface area contributed by atoms with Crippen molar-refractivity contribution in [3.05, 3.63) is 112 Å². The van der Waals surface area contributed by atoms with Crippen molar-refractivity contribution in [1.82, 2.24) is 29.3 Å². The summed E-state index contributed by atoms with van der Waals surface area (Å²) in [6.07, 6.45) is 3.24. The molecule has 6 rings (SSSR count). The van der Waals surface area contributed by atoms with Gasteiger partial charge in [0.1, 0.15) is 35.1 Å². The molecular formula is C36H31FN10O. The lowest BCUT2D eigenvalue weighted by Crippen LogP contribution is -2.17. The van der Waals surface area contributed by atoms with E-state index in [9.17, 15) is 20.0 Å². The van der Waals surface area contributed by atoms with Crippen LogP contribution in [0.4, 0.5) is 27.7 Å². The van der Waals surface area contributed by atoms with E-state index in [4.69, 9.17) is 9.97 Å². The Labute approximate surface area is 276 Å². The van der Waals surface area contributed by atoms with E-state index >= 15 is 0 Å². The van der Waals surface area contributed by atoms with Gasteiger partial charge in [0.25, 0.3) is 0 Å². The number of phenolic OH excluding ortho intramolecular Hbond substituents is 1. The van der Waals surface area contributed by atoms with Gasteiger partial charge in [-0.25, -0.2) is 33.7 Å². The average Bonchev–Trinajstić information content (AvgIpc) is 3.46. The summed E-state index contributed by atoms with van der Waals surface area (Å²) in [7, 11) is 0. The maximum Gasteiger partial charge on any atom is 0.227 e. The molecule has 0 spiro atoms. The van der Waals surface area contributed by atoms with Gasteiger partial charge < -0.3 is 15.7 Å². The first-order valence-corrected chi connectivity index (χ1v) is 15.0. The molecule has 0 fully saturated rings. The number of benzene rings is 2. The molecule has 48 heavy (non-hydrogen) atoms. The number of aryl methyl sites for hydroxylation is 2. The Balaban J connectivity index is 1.44. The van der Waals surface area contributed by atoms with Crippen LogP contribution in [-0.4, -0.2) is 34.4 Å². The third kappa shape index (κ3) is 5.46. The molecule has 12 heteroatoms. The standard InChI is InChI=1S/C36H31FN10O/c1-19-7-8-26(16-32(19)48)43-36-41-14-12-29(45-36)34-22(4)31(18-39)47(24(34)6)46-23(5)33(21(3)30(46)17-38)28-11-13-40-35(44-28)42-25-9-10-27(37)20(2)15-25/h7-16,48H,1-6H3,(H,40,42,44)(H,41,43,45). The minimum Gasteiger partial charge on any atom is -0.508 e. The van der Waals surface area contributed by atoms with Crippen LogP contribution in [0.5, 0.6) is 5.75 Å². The number of nitrogens with zero attached hydrogens (tertiary/aromatic N) is 8. The molecular weight excluding hydrogens is 607 g/mol. The maximum atomic E-state index is 13.8. The van der Waals surface area contributed by atoms with E-state index in [0.717, 1.165) is 16.7 Å². The zero-order valence-corrected chi connectivity index (χ0v) is 27.2. The minimum absolute atomic E-state index is 0.154. The highest BCUT2D eigenvalue weighted by Gasteiger charge is 2.27. The average molecular weight is 639 g/mol. The van der Waals surface area contributed by atoms with Crippen LogP contribution in [0.15, 0.2) is 60.9 Å². The number of aromatic hydroxyl groups is 1. The number of rotatable bonds is 7. The van der Waals surface area contributed by atoms with Gasteiger partial charge in [-0.2, -0.15) is 10.5 Å². The van der Waals surface area contributed by atoms with Crippen molar-refractivity contribution in [3.8, 4) is 40.4 Å². The molecule has 0 atom stereocenters. The molecule has 4 heterocycles. The first-order valence-electron chi connectivity index (χ1n) is 15.0. The van der Waals surface area contributed by atoms with Crippen LogP contribution in [0.1, 0.15) is 45.0 Å². The molecule has 3 N–H and O–H groups in total. The lowest BCUT2D eigenvalue weighted by Gasteiger charge is -2.15. The van der Waals surface area contributed by atoms with Gasteiger partial charge in [0.05, 0.1) is 11.4 Å². The minimum atomic E-state index is -0.303. The van der Waals surface area contributed by atoms with Crippen LogP contribution in [0, 0.1) is 70.0 Å². The summed E-state index contributed by atoms with van der Waals surface area (Å²) in [5.74, 6) is 0.479. The summed E-state index contributed by atoms with van der Waals surface area (Å²) >= 11 is 0. The number of aromatic nitrogens is 6. The molecule has 0 bridgehead atoms. The number of nitriles is 2. The Morgan fingerprint density at radius 3 is 1.60 bits per heavy atom. The number of hydrogen-bond donors (Lipinski definition) is 3. The Morgan fingerprint density at radius 2 is 1.15 bits per heavy atom. The molecule has 0 unspecified atom stereocenters. The highest BCUT2D eigenvalue weighted by molar-refractivity contribution is 5.74. The summed E-state index contributed by atoms with van der Waals surface area (Å²) in [4.78, 5) is 18.2. The van der Waals surface area contributed by atoms with E-state index in [1.54, 1.807) is 65.1 Å². The largest absolute Gasteiger partial charge is 0.508 e. The monoisotopic (exact) mass is 638 g/mol. The van der Waals surface area contributed by atoms with E-state index < -0.39 is 0 Å². The number of halogens is 1. The molecule has 2 aromatic carbocycles. The molecule has 11 nitrogen and oxygen atoms in total. The molecule has 0 saturated carbocycles. The van der Waals surface area contributed by atoms with Gasteiger partial charge >= 0.3 is 0 Å². The maximum absolute atomic E-state index is 13.8. The highest BCUT2D eigenvalue weighted by Crippen LogP contribution is 2.36. The molecule has 0 aliphatic carbocycles. The van der Waals surface area contributed by atoms with Gasteiger partial charge in [0, 0.05) is 52.3 Å². The van der Waals surface area contributed by atoms with Gasteiger partial charge in [-0.3, -0.25) is 0 Å². The lowest BCUT2D eigenvalue weighted by atomic mass is 10.1. The van der Waals surface area contributed by atoms with E-state index in [1.807, 2.05) is 40.7 Å². The fourth-order valence-corrected chi connectivity index (χ4v) is 5.95. The van der Waals surface area contributed by atoms with Gasteiger partial charge in [-0.1, -0.05) is 6.07 Å². The normalized spacial score (nSPS) is 10.9. The van der Waals surface area contributed by atoms with Crippen LogP contribution in [0.25, 0.3) is 22.5 Å². The quantitative estimate of drug-likeness (QED) is 0.162. The second-order valence-electron chi connectivity index (χ2n) is 11.5. The number of anilines is 4. The van der Waals surface area contributed by atoms with Gasteiger partial charge in [-0.15, -0.1) is 0 Å². The van der Waals surface area contributed by atoms with Crippen LogP contribution < -0.4 is 10.6 Å². The molecule has 0 saturated heterocycles. The fourth-order valence-electron chi connectivity index (χ4n) is 5.95. The van der Waals surface area contributed by atoms with E-state index in [-0.39, 0.29) is 11.6 Å². The zero-order valence-electron chi connectivity index (χ0n) is 27.2. The van der Waals surface area contributed by atoms with Crippen LogP contribution >= 0.6 is 0 Å². The zero-order chi connectivity index (χ0) is 34.3. The SMILES string of the molecule is Cc1ccc(Nc2nccc(-c3c(C)c(C#N)n(-n4c(C)c(-c5ccnc(Nc6ccc(F)c(C)c6)n5)c(C)c4C#N)c3C)n2)cc1O. The molecule has 0 amide bonds. The molecule has 0 aliphatic heterocycles. The Bertz CT molecular complexity index is 2160. The predicted octanol–water partition coefficient (Wildman–Crippen LogP) is 7.44. The first-order chi connectivity index (χ1) is 23.0. The third-order valence-electron chi connectivity index (χ3n) is 8.36. The van der Waals surface area contributed by atoms with Crippen molar-refractivity contribution >= 4 is 23.3 Å². The van der Waals surface area contributed by atoms with Crippen LogP contribution in [-0.2, 0) is 0 Å². The molecule has 6 aromatic rings. The summed E-state index contributed by atoms with van der Waals surface area (Å²) < 4.78 is 17.3. The van der Waals surface area contributed by atoms with E-state index in [0.29, 0.717) is 74.1 Å². The molecule has 0 radical (unpaired) electrons. The summed E-state index contributed by atoms with van der Waals surface area (Å²) in [6.45, 7) is 10.9. The van der Waals surface area contributed by atoms with Gasteiger partial charge in [0.2, 0.25) is 11.9 Å². The summed E-state index contributed by atoms with van der Waals surface area (Å²) in [5.41, 5.74) is 8.55. The van der Waals surface area contributed by atoms with Crippen molar-refractivity contribution in [3.63, 3.8) is 0 Å². The van der Waals surface area contributed by atoms with Crippen LogP contribution in [0.3, 0.4) is 0 Å².